The summed E-state index contributed by atoms with van der Waals surface area (Å²) in [7, 11) is -1.83. The van der Waals surface area contributed by atoms with Crippen LogP contribution in [0.1, 0.15) is 5.56 Å². The van der Waals surface area contributed by atoms with Crippen molar-refractivity contribution >= 4 is 27.3 Å². The normalized spacial score (nSPS) is 11.6. The van der Waals surface area contributed by atoms with Gasteiger partial charge in [-0.2, -0.15) is 13.2 Å². The molecule has 0 spiro atoms. The van der Waals surface area contributed by atoms with E-state index in [9.17, 15) is 30.8 Å². The highest BCUT2D eigenvalue weighted by Crippen LogP contribution is 2.33. The van der Waals surface area contributed by atoms with E-state index in [1.54, 1.807) is 0 Å². The molecule has 12 heteroatoms. The molecule has 3 aromatic rings. The highest BCUT2D eigenvalue weighted by molar-refractivity contribution is 7.92. The number of rotatable bonds is 8. The van der Waals surface area contributed by atoms with Gasteiger partial charge in [-0.1, -0.05) is 12.1 Å². The molecule has 0 aliphatic heterocycles. The molecule has 0 heterocycles. The summed E-state index contributed by atoms with van der Waals surface area (Å²) in [5, 5.41) is 2.33. The maximum absolute atomic E-state index is 14.6. The van der Waals surface area contributed by atoms with Crippen LogP contribution in [0.2, 0.25) is 0 Å². The third kappa shape index (κ3) is 5.83. The molecule has 35 heavy (non-hydrogen) atoms. The molecule has 0 unspecified atom stereocenters. The number of carbonyl (C=O) groups is 1. The number of methoxy groups -OCH3 is 2. The number of nitrogens with zero attached hydrogens (tertiary/aromatic N) is 1. The lowest BCUT2D eigenvalue weighted by atomic mass is 10.2. The number of ether oxygens (including phenoxy) is 2. The largest absolute Gasteiger partial charge is 0.493 e. The Morgan fingerprint density at radius 2 is 1.57 bits per heavy atom. The van der Waals surface area contributed by atoms with E-state index >= 15 is 0 Å². The Balaban J connectivity index is 1.95. The third-order valence-electron chi connectivity index (χ3n) is 4.85. The molecular weight excluding hydrogens is 492 g/mol. The predicted octanol–water partition coefficient (Wildman–Crippen LogP) is 4.70. The first-order valence-electron chi connectivity index (χ1n) is 9.93. The molecule has 0 saturated carbocycles. The van der Waals surface area contributed by atoms with Gasteiger partial charge in [0, 0.05) is 11.8 Å². The maximum atomic E-state index is 14.6. The monoisotopic (exact) mass is 512 g/mol. The molecule has 186 valence electrons. The number of para-hydroxylation sites is 1. The van der Waals surface area contributed by atoms with Crippen molar-refractivity contribution in [1.29, 1.82) is 0 Å². The average Bonchev–Trinajstić information content (AvgIpc) is 2.82. The van der Waals surface area contributed by atoms with Crippen LogP contribution in [0.5, 0.6) is 11.5 Å². The summed E-state index contributed by atoms with van der Waals surface area (Å²) in [5.41, 5.74) is -1.32. The van der Waals surface area contributed by atoms with Gasteiger partial charge in [-0.05, 0) is 48.5 Å². The van der Waals surface area contributed by atoms with E-state index < -0.39 is 45.7 Å². The SMILES string of the molecule is COc1ccc(S(=O)(=O)N(CC(=O)Nc2ccc(C(F)(F)F)cc2)c2ccccc2F)cc1OC. The van der Waals surface area contributed by atoms with Crippen LogP contribution < -0.4 is 19.1 Å². The van der Waals surface area contributed by atoms with Crippen LogP contribution >= 0.6 is 0 Å². The van der Waals surface area contributed by atoms with Crippen LogP contribution in [-0.4, -0.2) is 35.1 Å². The lowest BCUT2D eigenvalue weighted by molar-refractivity contribution is -0.137. The average molecular weight is 512 g/mol. The number of amides is 1. The van der Waals surface area contributed by atoms with Gasteiger partial charge < -0.3 is 14.8 Å². The molecule has 0 aliphatic carbocycles. The summed E-state index contributed by atoms with van der Waals surface area (Å²) in [6.45, 7) is -0.862. The quantitative estimate of drug-likeness (QED) is 0.443. The molecular formula is C23H20F4N2O5S. The summed E-state index contributed by atoms with van der Waals surface area (Å²) >= 11 is 0. The van der Waals surface area contributed by atoms with Gasteiger partial charge in [-0.15, -0.1) is 0 Å². The molecule has 0 atom stereocenters. The van der Waals surface area contributed by atoms with Crippen molar-refractivity contribution in [2.45, 2.75) is 11.1 Å². The Kier molecular flexibility index (Phi) is 7.54. The molecule has 1 amide bonds. The Hall–Kier alpha value is -3.80. The van der Waals surface area contributed by atoms with Gasteiger partial charge in [0.05, 0.1) is 30.4 Å². The van der Waals surface area contributed by atoms with Gasteiger partial charge >= 0.3 is 6.18 Å². The van der Waals surface area contributed by atoms with Crippen molar-refractivity contribution < 1.29 is 40.2 Å². The minimum absolute atomic E-state index is 0.00000158. The van der Waals surface area contributed by atoms with E-state index in [1.807, 2.05) is 0 Å². The number of benzene rings is 3. The van der Waals surface area contributed by atoms with Crippen molar-refractivity contribution in [3.05, 3.63) is 78.1 Å². The van der Waals surface area contributed by atoms with Crippen molar-refractivity contribution in [3.63, 3.8) is 0 Å². The maximum Gasteiger partial charge on any atom is 0.416 e. The number of nitrogens with one attached hydrogen (secondary N) is 1. The van der Waals surface area contributed by atoms with Gasteiger partial charge in [0.2, 0.25) is 5.91 Å². The number of halogens is 4. The second-order valence-electron chi connectivity index (χ2n) is 7.10. The van der Waals surface area contributed by atoms with Gasteiger partial charge in [0.15, 0.2) is 11.5 Å². The molecule has 0 aliphatic rings. The number of anilines is 2. The van der Waals surface area contributed by atoms with Crippen molar-refractivity contribution in [2.75, 3.05) is 30.4 Å². The Bertz CT molecular complexity index is 1310. The zero-order valence-corrected chi connectivity index (χ0v) is 19.3. The van der Waals surface area contributed by atoms with E-state index in [1.165, 1.54) is 44.6 Å². The topological polar surface area (TPSA) is 84.9 Å². The Morgan fingerprint density at radius 1 is 0.943 bits per heavy atom. The zero-order chi connectivity index (χ0) is 25.8. The molecule has 0 saturated heterocycles. The number of hydrogen-bond donors (Lipinski definition) is 1. The van der Waals surface area contributed by atoms with Crippen LogP contribution in [-0.2, 0) is 21.0 Å². The Labute approximate surface area is 198 Å². The first-order valence-corrected chi connectivity index (χ1v) is 11.4. The number of sulfonamides is 1. The van der Waals surface area contributed by atoms with Crippen LogP contribution in [0.4, 0.5) is 28.9 Å². The summed E-state index contributed by atoms with van der Waals surface area (Å²) in [6, 6.07) is 12.2. The van der Waals surface area contributed by atoms with E-state index in [2.05, 4.69) is 5.32 Å². The molecule has 7 nitrogen and oxygen atoms in total. The number of alkyl halides is 3. The van der Waals surface area contributed by atoms with E-state index in [0.717, 1.165) is 36.4 Å². The summed E-state index contributed by atoms with van der Waals surface area (Å²) in [6.07, 6.45) is -4.56. The smallest absolute Gasteiger partial charge is 0.416 e. The number of carbonyl (C=O) groups excluding carboxylic acids is 1. The van der Waals surface area contributed by atoms with Crippen molar-refractivity contribution in [2.24, 2.45) is 0 Å². The summed E-state index contributed by atoms with van der Waals surface area (Å²) in [4.78, 5) is 12.4. The van der Waals surface area contributed by atoms with E-state index in [4.69, 9.17) is 9.47 Å². The van der Waals surface area contributed by atoms with Crippen LogP contribution in [0.15, 0.2) is 71.6 Å². The molecule has 0 radical (unpaired) electrons. The molecule has 3 rings (SSSR count). The predicted molar refractivity (Wildman–Crippen MR) is 121 cm³/mol. The van der Waals surface area contributed by atoms with Crippen LogP contribution in [0.25, 0.3) is 0 Å². The highest BCUT2D eigenvalue weighted by atomic mass is 32.2. The lowest BCUT2D eigenvalue weighted by Gasteiger charge is -2.25. The minimum atomic E-state index is -4.56. The van der Waals surface area contributed by atoms with Gasteiger partial charge in [-0.25, -0.2) is 12.8 Å². The molecule has 0 aromatic heterocycles. The third-order valence-corrected chi connectivity index (χ3v) is 6.60. The second kappa shape index (κ2) is 10.2. The van der Waals surface area contributed by atoms with Gasteiger partial charge in [0.25, 0.3) is 10.0 Å². The van der Waals surface area contributed by atoms with Crippen molar-refractivity contribution in [3.8, 4) is 11.5 Å². The van der Waals surface area contributed by atoms with Gasteiger partial charge in [0.1, 0.15) is 12.4 Å². The standard InChI is InChI=1S/C23H20F4N2O5S/c1-33-20-12-11-17(13-21(20)34-2)35(31,32)29(19-6-4-3-5-18(19)24)14-22(30)28-16-9-7-15(8-10-16)23(25,26)27/h3-13H,14H2,1-2H3,(H,28,30). The van der Waals surface area contributed by atoms with Crippen LogP contribution in [0, 0.1) is 5.82 Å². The first-order chi connectivity index (χ1) is 16.5. The molecule has 3 aromatic carbocycles. The second-order valence-corrected chi connectivity index (χ2v) is 8.97. The fourth-order valence-electron chi connectivity index (χ4n) is 3.13. The summed E-state index contributed by atoms with van der Waals surface area (Å²) in [5.74, 6) is -1.46. The first kappa shape index (κ1) is 25.8. The fourth-order valence-corrected chi connectivity index (χ4v) is 4.58. The number of hydrogen-bond acceptors (Lipinski definition) is 5. The lowest BCUT2D eigenvalue weighted by Crippen LogP contribution is -2.38. The molecule has 0 bridgehead atoms. The minimum Gasteiger partial charge on any atom is -0.493 e. The highest BCUT2D eigenvalue weighted by Gasteiger charge is 2.31. The molecule has 0 fully saturated rings. The Morgan fingerprint density at radius 3 is 2.14 bits per heavy atom. The van der Waals surface area contributed by atoms with E-state index in [-0.39, 0.29) is 22.1 Å². The molecule has 1 N–H and O–H groups in total. The van der Waals surface area contributed by atoms with Gasteiger partial charge in [-0.3, -0.25) is 9.10 Å². The zero-order valence-electron chi connectivity index (χ0n) is 18.5. The van der Waals surface area contributed by atoms with Crippen LogP contribution in [0.3, 0.4) is 0 Å². The van der Waals surface area contributed by atoms with Crippen molar-refractivity contribution in [1.82, 2.24) is 0 Å². The fraction of sp³-hybridized carbons (Fsp3) is 0.174. The van der Waals surface area contributed by atoms with E-state index in [0.29, 0.717) is 4.31 Å². The summed E-state index contributed by atoms with van der Waals surface area (Å²) < 4.78 is 90.6.